The summed E-state index contributed by atoms with van der Waals surface area (Å²) in [5.74, 6) is -1.47. The molecular weight excluding hydrogens is 277 g/mol. The van der Waals surface area contributed by atoms with Crippen LogP contribution in [0.3, 0.4) is 0 Å². The Kier molecular flexibility index (Phi) is 6.14. The first-order valence-corrected chi connectivity index (χ1v) is 6.67. The minimum absolute atomic E-state index is 0.237. The largest absolute Gasteiger partial charge is 0.497 e. The van der Waals surface area contributed by atoms with Crippen molar-refractivity contribution in [1.82, 2.24) is 5.32 Å². The Morgan fingerprint density at radius 1 is 1.29 bits per heavy atom. The van der Waals surface area contributed by atoms with E-state index >= 15 is 0 Å². The van der Waals surface area contributed by atoms with Gasteiger partial charge in [0.1, 0.15) is 11.6 Å². The molecule has 0 aliphatic carbocycles. The number of hydrogen-bond donors (Lipinski definition) is 1. The molecule has 1 amide bonds. The van der Waals surface area contributed by atoms with Crippen LogP contribution >= 0.6 is 0 Å². The molecule has 0 spiro atoms. The van der Waals surface area contributed by atoms with Crippen molar-refractivity contribution >= 4 is 11.9 Å². The molecule has 0 saturated carbocycles. The Hall–Kier alpha value is -2.11. The quantitative estimate of drug-likeness (QED) is 0.817. The molecule has 5 nitrogen and oxygen atoms in total. The molecule has 1 rings (SSSR count). The summed E-state index contributed by atoms with van der Waals surface area (Å²) in [7, 11) is 1.40. The van der Waals surface area contributed by atoms with Gasteiger partial charge >= 0.3 is 5.97 Å². The molecule has 0 heterocycles. The average Bonchev–Trinajstić information content (AvgIpc) is 2.43. The topological polar surface area (TPSA) is 64.6 Å². The average molecular weight is 297 g/mol. The fraction of sp³-hybridized carbons (Fsp3) is 0.467. The molecule has 1 aromatic rings. The van der Waals surface area contributed by atoms with E-state index in [-0.39, 0.29) is 11.5 Å². The maximum atomic E-state index is 13.7. The van der Waals surface area contributed by atoms with E-state index in [1.54, 1.807) is 0 Å². The van der Waals surface area contributed by atoms with Crippen molar-refractivity contribution in [2.75, 3.05) is 13.7 Å². The smallest absolute Gasteiger partial charge is 0.341 e. The molecule has 0 saturated heterocycles. The summed E-state index contributed by atoms with van der Waals surface area (Å²) >= 11 is 0. The summed E-state index contributed by atoms with van der Waals surface area (Å²) in [5, 5.41) is 2.64. The minimum Gasteiger partial charge on any atom is -0.497 e. The molecule has 0 unspecified atom stereocenters. The van der Waals surface area contributed by atoms with Gasteiger partial charge in [-0.15, -0.1) is 0 Å². The fourth-order valence-electron chi connectivity index (χ4n) is 1.51. The van der Waals surface area contributed by atoms with Crippen LogP contribution in [-0.2, 0) is 9.53 Å². The molecule has 116 valence electrons. The predicted octanol–water partition coefficient (Wildman–Crippen LogP) is 2.15. The van der Waals surface area contributed by atoms with Crippen molar-refractivity contribution in [1.29, 1.82) is 0 Å². The van der Waals surface area contributed by atoms with Gasteiger partial charge in [0.25, 0.3) is 5.91 Å². The lowest BCUT2D eigenvalue weighted by Crippen LogP contribution is -2.37. The highest BCUT2D eigenvalue weighted by molar-refractivity contribution is 5.92. The number of halogens is 1. The maximum Gasteiger partial charge on any atom is 0.341 e. The second-order valence-electron chi connectivity index (χ2n) is 5.03. The van der Waals surface area contributed by atoms with Gasteiger partial charge in [0.05, 0.1) is 12.7 Å². The first kappa shape index (κ1) is 16.9. The SMILES string of the molecule is COc1ccc(C(=O)O[C@H](C)C(=O)NCC(C)C)c(F)c1. The summed E-state index contributed by atoms with van der Waals surface area (Å²) in [4.78, 5) is 23.5. The number of esters is 1. The standard InChI is InChI=1S/C15H20FNO4/c1-9(2)8-17-14(18)10(3)21-15(19)12-6-5-11(20-4)7-13(12)16/h5-7,9-10H,8H2,1-4H3,(H,17,18)/t10-/m1/s1. The van der Waals surface area contributed by atoms with Gasteiger partial charge in [-0.25, -0.2) is 9.18 Å². The summed E-state index contributed by atoms with van der Waals surface area (Å²) in [5.41, 5.74) is -0.237. The lowest BCUT2D eigenvalue weighted by molar-refractivity contribution is -0.129. The third-order valence-corrected chi connectivity index (χ3v) is 2.73. The van der Waals surface area contributed by atoms with Crippen LogP contribution in [0.2, 0.25) is 0 Å². The molecule has 0 aliphatic rings. The summed E-state index contributed by atoms with van der Waals surface area (Å²) in [6, 6.07) is 3.79. The Bertz CT molecular complexity index is 516. The molecule has 21 heavy (non-hydrogen) atoms. The zero-order valence-electron chi connectivity index (χ0n) is 12.6. The number of ether oxygens (including phenoxy) is 2. The van der Waals surface area contributed by atoms with E-state index < -0.39 is 23.8 Å². The number of carbonyl (C=O) groups excluding carboxylic acids is 2. The highest BCUT2D eigenvalue weighted by Gasteiger charge is 2.21. The monoisotopic (exact) mass is 297 g/mol. The first-order valence-electron chi connectivity index (χ1n) is 6.67. The van der Waals surface area contributed by atoms with E-state index in [0.29, 0.717) is 12.3 Å². The predicted molar refractivity (Wildman–Crippen MR) is 75.7 cm³/mol. The minimum atomic E-state index is -0.988. The molecule has 0 aromatic heterocycles. The van der Waals surface area contributed by atoms with Gasteiger partial charge in [0, 0.05) is 12.6 Å². The normalized spacial score (nSPS) is 11.9. The fourth-order valence-corrected chi connectivity index (χ4v) is 1.51. The van der Waals surface area contributed by atoms with Gasteiger partial charge in [-0.2, -0.15) is 0 Å². The maximum absolute atomic E-state index is 13.7. The van der Waals surface area contributed by atoms with Crippen molar-refractivity contribution in [3.8, 4) is 5.75 Å². The van der Waals surface area contributed by atoms with Crippen LogP contribution in [0.1, 0.15) is 31.1 Å². The van der Waals surface area contributed by atoms with E-state index in [0.717, 1.165) is 6.07 Å². The molecule has 1 atom stereocenters. The van der Waals surface area contributed by atoms with Crippen LogP contribution < -0.4 is 10.1 Å². The summed E-state index contributed by atoms with van der Waals surface area (Å²) in [6.45, 7) is 5.82. The number of amides is 1. The van der Waals surface area contributed by atoms with Crippen LogP contribution in [-0.4, -0.2) is 31.6 Å². The van der Waals surface area contributed by atoms with Gasteiger partial charge < -0.3 is 14.8 Å². The first-order chi connectivity index (χ1) is 9.85. The molecule has 0 aliphatic heterocycles. The van der Waals surface area contributed by atoms with E-state index in [2.05, 4.69) is 5.32 Å². The van der Waals surface area contributed by atoms with Crippen molar-refractivity contribution in [2.24, 2.45) is 5.92 Å². The van der Waals surface area contributed by atoms with E-state index in [9.17, 15) is 14.0 Å². The number of benzene rings is 1. The van der Waals surface area contributed by atoms with Gasteiger partial charge in [-0.3, -0.25) is 4.79 Å². The highest BCUT2D eigenvalue weighted by Crippen LogP contribution is 2.17. The third kappa shape index (κ3) is 5.06. The molecular formula is C15H20FNO4. The van der Waals surface area contributed by atoms with E-state index in [4.69, 9.17) is 9.47 Å². The Morgan fingerprint density at radius 2 is 1.95 bits per heavy atom. The molecule has 1 aromatic carbocycles. The number of nitrogens with one attached hydrogen (secondary N) is 1. The van der Waals surface area contributed by atoms with Gasteiger partial charge in [-0.05, 0) is 25.0 Å². The molecule has 0 bridgehead atoms. The zero-order valence-corrected chi connectivity index (χ0v) is 12.6. The number of rotatable bonds is 6. The Balaban J connectivity index is 2.66. The van der Waals surface area contributed by atoms with Gasteiger partial charge in [0.15, 0.2) is 6.10 Å². The number of carbonyl (C=O) groups is 2. The van der Waals surface area contributed by atoms with Crippen molar-refractivity contribution in [3.05, 3.63) is 29.6 Å². The van der Waals surface area contributed by atoms with Gasteiger partial charge in [-0.1, -0.05) is 13.8 Å². The lowest BCUT2D eigenvalue weighted by atomic mass is 10.2. The van der Waals surface area contributed by atoms with Crippen molar-refractivity contribution in [3.63, 3.8) is 0 Å². The molecule has 6 heteroatoms. The molecule has 0 fully saturated rings. The second-order valence-corrected chi connectivity index (χ2v) is 5.03. The third-order valence-electron chi connectivity index (χ3n) is 2.73. The number of hydrogen-bond acceptors (Lipinski definition) is 4. The Labute approximate surface area is 123 Å². The van der Waals surface area contributed by atoms with Crippen LogP contribution in [0, 0.1) is 11.7 Å². The van der Waals surface area contributed by atoms with Crippen LogP contribution in [0.25, 0.3) is 0 Å². The van der Waals surface area contributed by atoms with Gasteiger partial charge in [0.2, 0.25) is 0 Å². The second kappa shape index (κ2) is 7.61. The number of methoxy groups -OCH3 is 1. The highest BCUT2D eigenvalue weighted by atomic mass is 19.1. The van der Waals surface area contributed by atoms with E-state index in [1.807, 2.05) is 13.8 Å². The van der Waals surface area contributed by atoms with Crippen LogP contribution in [0.15, 0.2) is 18.2 Å². The molecule has 0 radical (unpaired) electrons. The van der Waals surface area contributed by atoms with E-state index in [1.165, 1.54) is 26.2 Å². The van der Waals surface area contributed by atoms with Crippen LogP contribution in [0.5, 0.6) is 5.75 Å². The zero-order chi connectivity index (χ0) is 16.0. The Morgan fingerprint density at radius 3 is 2.48 bits per heavy atom. The van der Waals surface area contributed by atoms with Crippen molar-refractivity contribution in [2.45, 2.75) is 26.9 Å². The molecule has 1 N–H and O–H groups in total. The summed E-state index contributed by atoms with van der Waals surface area (Å²) < 4.78 is 23.5. The van der Waals surface area contributed by atoms with Crippen molar-refractivity contribution < 1.29 is 23.5 Å². The summed E-state index contributed by atoms with van der Waals surface area (Å²) in [6.07, 6.45) is -0.988. The lowest BCUT2D eigenvalue weighted by Gasteiger charge is -2.15. The van der Waals surface area contributed by atoms with Crippen LogP contribution in [0.4, 0.5) is 4.39 Å².